The van der Waals surface area contributed by atoms with Gasteiger partial charge in [0, 0.05) is 0 Å². The summed E-state index contributed by atoms with van der Waals surface area (Å²) < 4.78 is 0. The van der Waals surface area contributed by atoms with Crippen LogP contribution in [0.5, 0.6) is 0 Å². The Morgan fingerprint density at radius 1 is 1.88 bits per heavy atom. The second-order valence-electron chi connectivity index (χ2n) is 1.35. The average Bonchev–Trinajstić information content (AvgIpc) is 1.65. The summed E-state index contributed by atoms with van der Waals surface area (Å²) >= 11 is 0. The maximum Gasteiger partial charge on any atom is 0.307 e. The van der Waals surface area contributed by atoms with Crippen molar-refractivity contribution in [3.05, 3.63) is 24.8 Å². The molecule has 0 unspecified atom stereocenters. The Kier molecular flexibility index (Phi) is 2.62. The molecular weight excluding hydrogens is 104 g/mol. The van der Waals surface area contributed by atoms with E-state index in [4.69, 9.17) is 11.7 Å². The topological polar surface area (TPSA) is 37.3 Å². The van der Waals surface area contributed by atoms with Gasteiger partial charge in [0.1, 0.15) is 0 Å². The van der Waals surface area contributed by atoms with E-state index in [2.05, 4.69) is 6.58 Å². The molecule has 0 aliphatic heterocycles. The Balaban J connectivity index is 3.55. The number of hydrogen-bond donors (Lipinski definition) is 1. The second-order valence-corrected chi connectivity index (χ2v) is 1.35. The molecular formula is C6H7O2. The standard InChI is InChI=1S/C6H7O2/c1-3-5(2)4-6(7)8/h2-3H,1,4H2,(H,7,8). The fourth-order valence-corrected chi connectivity index (χ4v) is 0.247. The van der Waals surface area contributed by atoms with Crippen molar-refractivity contribution in [2.75, 3.05) is 0 Å². The van der Waals surface area contributed by atoms with E-state index in [-0.39, 0.29) is 12.0 Å². The molecule has 0 saturated heterocycles. The minimum Gasteiger partial charge on any atom is -0.481 e. The number of allylic oxidation sites excluding steroid dienone is 1. The summed E-state index contributed by atoms with van der Waals surface area (Å²) in [5, 5.41) is 8.07. The first-order chi connectivity index (χ1) is 3.66. The summed E-state index contributed by atoms with van der Waals surface area (Å²) in [6.07, 6.45) is 1.21. The van der Waals surface area contributed by atoms with Crippen molar-refractivity contribution < 1.29 is 9.90 Å². The van der Waals surface area contributed by atoms with Crippen molar-refractivity contribution >= 4 is 5.97 Å². The molecule has 1 radical (unpaired) electrons. The zero-order valence-electron chi connectivity index (χ0n) is 4.42. The van der Waals surface area contributed by atoms with Gasteiger partial charge in [-0.15, -0.1) is 0 Å². The summed E-state index contributed by atoms with van der Waals surface area (Å²) in [6.45, 7) is 8.38. The van der Waals surface area contributed by atoms with Crippen LogP contribution in [0, 0.1) is 6.58 Å². The van der Waals surface area contributed by atoms with Crippen molar-refractivity contribution in [1.29, 1.82) is 0 Å². The highest BCUT2D eigenvalue weighted by Crippen LogP contribution is 1.95. The van der Waals surface area contributed by atoms with Gasteiger partial charge >= 0.3 is 5.97 Å². The van der Waals surface area contributed by atoms with E-state index >= 15 is 0 Å². The van der Waals surface area contributed by atoms with E-state index in [0.29, 0.717) is 0 Å². The Morgan fingerprint density at radius 3 is 2.50 bits per heavy atom. The summed E-state index contributed by atoms with van der Waals surface area (Å²) in [6, 6.07) is 0. The van der Waals surface area contributed by atoms with Crippen molar-refractivity contribution in [3.8, 4) is 0 Å². The van der Waals surface area contributed by atoms with E-state index in [9.17, 15) is 4.79 Å². The molecule has 2 heteroatoms. The third-order valence-electron chi connectivity index (χ3n) is 0.618. The van der Waals surface area contributed by atoms with Crippen LogP contribution in [0.15, 0.2) is 18.2 Å². The molecule has 0 aliphatic carbocycles. The molecule has 1 N–H and O–H groups in total. The number of carboxylic acids is 1. The van der Waals surface area contributed by atoms with Gasteiger partial charge in [-0.05, 0) is 5.57 Å². The van der Waals surface area contributed by atoms with Gasteiger partial charge in [-0.1, -0.05) is 19.2 Å². The van der Waals surface area contributed by atoms with E-state index in [1.54, 1.807) is 0 Å². The number of carbonyl (C=O) groups is 1. The van der Waals surface area contributed by atoms with Crippen LogP contribution in [0.2, 0.25) is 0 Å². The van der Waals surface area contributed by atoms with Crippen molar-refractivity contribution in [3.63, 3.8) is 0 Å². The number of carboxylic acid groups (broad SMARTS) is 1. The van der Waals surface area contributed by atoms with Crippen molar-refractivity contribution in [2.45, 2.75) is 6.42 Å². The Hall–Kier alpha value is -1.05. The van der Waals surface area contributed by atoms with Gasteiger partial charge in [-0.25, -0.2) is 0 Å². The van der Waals surface area contributed by atoms with Crippen molar-refractivity contribution in [1.82, 2.24) is 0 Å². The molecule has 0 spiro atoms. The quantitative estimate of drug-likeness (QED) is 0.552. The fourth-order valence-electron chi connectivity index (χ4n) is 0.247. The minimum atomic E-state index is -0.928. The lowest BCUT2D eigenvalue weighted by molar-refractivity contribution is -0.136. The fraction of sp³-hybridized carbons (Fsp3) is 0.167. The van der Waals surface area contributed by atoms with Crippen LogP contribution < -0.4 is 0 Å². The molecule has 0 saturated carbocycles. The van der Waals surface area contributed by atoms with Gasteiger partial charge < -0.3 is 5.11 Å². The first-order valence-electron chi connectivity index (χ1n) is 2.12. The van der Waals surface area contributed by atoms with Gasteiger partial charge in [0.15, 0.2) is 0 Å². The summed E-state index contributed by atoms with van der Waals surface area (Å²) in [4.78, 5) is 9.82. The lowest BCUT2D eigenvalue weighted by Gasteiger charge is -1.88. The zero-order valence-corrected chi connectivity index (χ0v) is 4.42. The van der Waals surface area contributed by atoms with Gasteiger partial charge in [-0.3, -0.25) is 4.79 Å². The van der Waals surface area contributed by atoms with Crippen LogP contribution in [0.4, 0.5) is 0 Å². The van der Waals surface area contributed by atoms with Gasteiger partial charge in [0.25, 0.3) is 0 Å². The van der Waals surface area contributed by atoms with Crippen LogP contribution in [0.1, 0.15) is 6.42 Å². The van der Waals surface area contributed by atoms with Crippen LogP contribution in [0.25, 0.3) is 0 Å². The lowest BCUT2D eigenvalue weighted by atomic mass is 10.2. The van der Waals surface area contributed by atoms with Crippen molar-refractivity contribution in [2.24, 2.45) is 0 Å². The molecule has 0 aromatic heterocycles. The summed E-state index contributed by atoms with van der Waals surface area (Å²) in [5.41, 5.74) is 0.289. The normalized spacial score (nSPS) is 8.00. The monoisotopic (exact) mass is 111 g/mol. The molecule has 0 bridgehead atoms. The highest BCUT2D eigenvalue weighted by molar-refractivity contribution is 5.70. The van der Waals surface area contributed by atoms with Gasteiger partial charge in [0.2, 0.25) is 0 Å². The van der Waals surface area contributed by atoms with E-state index in [0.717, 1.165) is 0 Å². The minimum absolute atomic E-state index is 0.122. The smallest absolute Gasteiger partial charge is 0.307 e. The van der Waals surface area contributed by atoms with Gasteiger partial charge in [0.05, 0.1) is 6.42 Å². The van der Waals surface area contributed by atoms with Crippen LogP contribution in [-0.4, -0.2) is 11.1 Å². The lowest BCUT2D eigenvalue weighted by Crippen LogP contribution is -1.93. The average molecular weight is 111 g/mol. The van der Waals surface area contributed by atoms with E-state index in [1.807, 2.05) is 0 Å². The Labute approximate surface area is 48.1 Å². The number of rotatable bonds is 3. The van der Waals surface area contributed by atoms with Crippen LogP contribution in [-0.2, 0) is 4.79 Å². The summed E-state index contributed by atoms with van der Waals surface area (Å²) in [5.74, 6) is -0.928. The molecule has 0 heterocycles. The molecule has 0 fully saturated rings. The predicted molar refractivity (Wildman–Crippen MR) is 30.3 cm³/mol. The summed E-state index contributed by atoms with van der Waals surface area (Å²) in [7, 11) is 0. The third-order valence-corrected chi connectivity index (χ3v) is 0.618. The molecule has 0 aliphatic rings. The second kappa shape index (κ2) is 3.02. The molecule has 0 aromatic carbocycles. The molecule has 43 valence electrons. The van der Waals surface area contributed by atoms with Crippen LogP contribution >= 0.6 is 0 Å². The molecule has 8 heavy (non-hydrogen) atoms. The maximum atomic E-state index is 9.82. The molecule has 2 nitrogen and oxygen atoms in total. The molecule has 0 amide bonds. The maximum absolute atomic E-state index is 9.82. The number of hydrogen-bond acceptors (Lipinski definition) is 1. The van der Waals surface area contributed by atoms with E-state index < -0.39 is 5.97 Å². The largest absolute Gasteiger partial charge is 0.481 e. The predicted octanol–water partition coefficient (Wildman–Crippen LogP) is 1.01. The number of aliphatic carboxylic acids is 1. The molecule has 0 rings (SSSR count). The van der Waals surface area contributed by atoms with E-state index in [1.165, 1.54) is 6.08 Å². The van der Waals surface area contributed by atoms with Gasteiger partial charge in [-0.2, -0.15) is 0 Å². The Bertz CT molecular complexity index is 124. The van der Waals surface area contributed by atoms with Crippen LogP contribution in [0.3, 0.4) is 0 Å². The SMILES string of the molecule is [CH]=C(C=C)CC(=O)O. The Morgan fingerprint density at radius 2 is 2.38 bits per heavy atom. The first-order valence-corrected chi connectivity index (χ1v) is 2.12. The zero-order chi connectivity index (χ0) is 6.57. The molecule has 0 aromatic rings. The third kappa shape index (κ3) is 3.15. The highest BCUT2D eigenvalue weighted by Gasteiger charge is 1.94. The highest BCUT2D eigenvalue weighted by atomic mass is 16.4. The first kappa shape index (κ1) is 6.95. The molecule has 0 atom stereocenters.